The van der Waals surface area contributed by atoms with Crippen LogP contribution >= 0.6 is 11.3 Å². The van der Waals surface area contributed by atoms with E-state index < -0.39 is 0 Å². The zero-order valence-corrected chi connectivity index (χ0v) is 35.3. The van der Waals surface area contributed by atoms with Crippen molar-refractivity contribution in [3.05, 3.63) is 216 Å². The Morgan fingerprint density at radius 1 is 0.820 bits per heavy atom. The molecule has 4 heteroatoms. The number of rotatable bonds is 3. The summed E-state index contributed by atoms with van der Waals surface area (Å²) in [5.41, 5.74) is 22.3. The molecule has 1 aromatic heterocycles. The maximum atomic E-state index is 10.8. The maximum Gasteiger partial charge on any atom is 0.243 e. The Kier molecular flexibility index (Phi) is 7.71. The van der Waals surface area contributed by atoms with Crippen molar-refractivity contribution in [2.75, 3.05) is 4.90 Å². The average molecular weight is 799 g/mol. The smallest absolute Gasteiger partial charge is 0.243 e. The first-order valence-corrected chi connectivity index (χ1v) is 23.0. The third-order valence-corrected chi connectivity index (χ3v) is 16.1. The van der Waals surface area contributed by atoms with Gasteiger partial charge in [0.2, 0.25) is 6.71 Å². The van der Waals surface area contributed by atoms with Crippen LogP contribution in [0.25, 0.3) is 32.9 Å². The van der Waals surface area contributed by atoms with Gasteiger partial charge in [-0.2, -0.15) is 5.26 Å². The standard InChI is InChI=1S/C57H43BN2S/c1-33-15-13-16-34(2)56(33)60-49-31-44-43(52(36-17-5-3-6-18-36)39-22-9-10-23-40(39)53(44)37-19-7-4-8-20-37)29-47(49)58-48-30-46-38-21-11-12-26-51(38)61-57(46)42-25-14-24-41(54(42)48)45-27-35(32-59)28-50(60)55(45)58/h3,5-7,9-17,19-24,26-28,30-31,36,42-43H,4,8,18,25,29H2,1-2H3. The number of hydrogen-bond acceptors (Lipinski definition) is 3. The largest absolute Gasteiger partial charge is 0.311 e. The normalized spacial score (nSPS) is 22.5. The van der Waals surface area contributed by atoms with Crippen molar-refractivity contribution >= 4 is 67.8 Å². The Bertz CT molecular complexity index is 3320. The highest BCUT2D eigenvalue weighted by Gasteiger charge is 2.50. The first-order valence-electron chi connectivity index (χ1n) is 22.1. The minimum atomic E-state index is 0.0585. The van der Waals surface area contributed by atoms with Gasteiger partial charge in [-0.15, -0.1) is 11.3 Å². The van der Waals surface area contributed by atoms with Gasteiger partial charge in [-0.25, -0.2) is 0 Å². The van der Waals surface area contributed by atoms with Crippen LogP contribution in [0.3, 0.4) is 0 Å². The lowest BCUT2D eigenvalue weighted by Crippen LogP contribution is -2.51. The number of nitriles is 1. The van der Waals surface area contributed by atoms with Gasteiger partial charge in [-0.05, 0) is 147 Å². The predicted octanol–water partition coefficient (Wildman–Crippen LogP) is 11.9. The fourth-order valence-electron chi connectivity index (χ4n) is 12.4. The van der Waals surface area contributed by atoms with Gasteiger partial charge >= 0.3 is 0 Å². The number of thiophene rings is 1. The summed E-state index contributed by atoms with van der Waals surface area (Å²) in [6, 6.07) is 32.1. The number of fused-ring (bicyclic) bond motifs is 9. The second-order valence-corrected chi connectivity index (χ2v) is 19.1. The van der Waals surface area contributed by atoms with Gasteiger partial charge in [-0.3, -0.25) is 0 Å². The van der Waals surface area contributed by atoms with E-state index >= 15 is 0 Å². The number of para-hydroxylation sites is 1. The monoisotopic (exact) mass is 798 g/mol. The molecule has 0 bridgehead atoms. The quantitative estimate of drug-likeness (QED) is 0.170. The minimum Gasteiger partial charge on any atom is -0.311 e. The van der Waals surface area contributed by atoms with Gasteiger partial charge in [-0.1, -0.05) is 132 Å². The summed E-state index contributed by atoms with van der Waals surface area (Å²) in [7, 11) is 0. The molecule has 0 saturated heterocycles. The highest BCUT2D eigenvalue weighted by molar-refractivity contribution is 7.19. The lowest BCUT2D eigenvalue weighted by Gasteiger charge is -2.48. The Morgan fingerprint density at radius 2 is 1.67 bits per heavy atom. The van der Waals surface area contributed by atoms with E-state index in [1.54, 1.807) is 5.57 Å². The van der Waals surface area contributed by atoms with E-state index in [9.17, 15) is 5.26 Å². The van der Waals surface area contributed by atoms with E-state index in [0.29, 0.717) is 11.5 Å². The molecule has 61 heavy (non-hydrogen) atoms. The molecule has 0 amide bonds. The molecule has 3 heterocycles. The summed E-state index contributed by atoms with van der Waals surface area (Å²) in [6.45, 7) is 4.58. The van der Waals surface area contributed by atoms with E-state index in [4.69, 9.17) is 0 Å². The Hall–Kier alpha value is -6.41. The number of anilines is 2. The van der Waals surface area contributed by atoms with Gasteiger partial charge in [0.15, 0.2) is 0 Å². The summed E-state index contributed by atoms with van der Waals surface area (Å²) in [6.07, 6.45) is 31.7. The zero-order valence-electron chi connectivity index (χ0n) is 34.5. The van der Waals surface area contributed by atoms with E-state index in [2.05, 4.69) is 171 Å². The van der Waals surface area contributed by atoms with E-state index in [1.165, 1.54) is 103 Å². The molecular formula is C57H43BN2S. The first kappa shape index (κ1) is 35.4. The Labute approximate surface area is 362 Å². The molecule has 0 spiro atoms. The molecule has 3 unspecified atom stereocenters. The van der Waals surface area contributed by atoms with Crippen molar-refractivity contribution in [2.24, 2.45) is 11.8 Å². The summed E-state index contributed by atoms with van der Waals surface area (Å²) < 4.78 is 1.36. The van der Waals surface area contributed by atoms with Crippen LogP contribution in [0.4, 0.5) is 11.4 Å². The highest BCUT2D eigenvalue weighted by atomic mass is 32.1. The summed E-state index contributed by atoms with van der Waals surface area (Å²) in [4.78, 5) is 4.08. The van der Waals surface area contributed by atoms with Gasteiger partial charge in [0.05, 0.1) is 17.3 Å². The predicted molar refractivity (Wildman–Crippen MR) is 256 cm³/mol. The number of aryl methyl sites for hydroxylation is 2. The molecule has 13 rings (SSSR count). The van der Waals surface area contributed by atoms with Crippen LogP contribution in [0.15, 0.2) is 173 Å². The molecule has 6 aliphatic carbocycles. The van der Waals surface area contributed by atoms with Crippen LogP contribution in [-0.4, -0.2) is 6.71 Å². The lowest BCUT2D eigenvalue weighted by atomic mass is 9.28. The Balaban J connectivity index is 1.17. The number of benzene rings is 4. The van der Waals surface area contributed by atoms with E-state index in [1.807, 2.05) is 11.3 Å². The summed E-state index contributed by atoms with van der Waals surface area (Å²) >= 11 is 1.98. The second-order valence-electron chi connectivity index (χ2n) is 18.0. The van der Waals surface area contributed by atoms with Gasteiger partial charge in [0.1, 0.15) is 0 Å². The van der Waals surface area contributed by atoms with Crippen LogP contribution in [-0.2, 0) is 0 Å². The lowest BCUT2D eigenvalue weighted by molar-refractivity contribution is 0.683. The van der Waals surface area contributed by atoms with Crippen molar-refractivity contribution in [3.8, 4) is 6.07 Å². The molecule has 2 nitrogen and oxygen atoms in total. The van der Waals surface area contributed by atoms with Crippen LogP contribution in [0, 0.1) is 37.0 Å². The van der Waals surface area contributed by atoms with Crippen molar-refractivity contribution in [3.63, 3.8) is 0 Å². The molecule has 0 saturated carbocycles. The molecule has 0 fully saturated rings. The molecule has 2 aliphatic heterocycles. The highest BCUT2D eigenvalue weighted by Crippen LogP contribution is 2.58. The third-order valence-electron chi connectivity index (χ3n) is 14.8. The second kappa shape index (κ2) is 13.3. The number of nitrogens with zero attached hydrogens (tertiary/aromatic N) is 2. The fraction of sp³-hybridized carbons (Fsp3) is 0.175. The van der Waals surface area contributed by atoms with Gasteiger partial charge in [0.25, 0.3) is 0 Å². The first-order chi connectivity index (χ1) is 30.1. The van der Waals surface area contributed by atoms with E-state index in [-0.39, 0.29) is 18.5 Å². The van der Waals surface area contributed by atoms with Crippen molar-refractivity contribution in [1.29, 1.82) is 5.26 Å². The molecule has 4 aromatic carbocycles. The minimum absolute atomic E-state index is 0.0585. The fourth-order valence-corrected chi connectivity index (χ4v) is 13.7. The van der Waals surface area contributed by atoms with Crippen molar-refractivity contribution < 1.29 is 0 Å². The summed E-state index contributed by atoms with van der Waals surface area (Å²) in [5.74, 6) is 0.821. The molecule has 5 aromatic rings. The average Bonchev–Trinajstić information content (AvgIpc) is 3.68. The molecule has 290 valence electrons. The van der Waals surface area contributed by atoms with Crippen molar-refractivity contribution in [2.45, 2.75) is 51.9 Å². The molecule has 8 aliphatic rings. The molecule has 0 radical (unpaired) electrons. The SMILES string of the molecule is Cc1cccc(C)c1N1C2=C(CC3C(=C2)C(C2=CCCC=C2)=c2ccccc2=C3C2C=CC=CC2)B2C3=Cc4c(sc5ccccc45)C4CC=CC(=C34)c3cc(C#N)cc1c32. The molecule has 3 atom stereocenters. The summed E-state index contributed by atoms with van der Waals surface area (Å²) in [5, 5.41) is 15.0. The van der Waals surface area contributed by atoms with Crippen LogP contribution < -0.4 is 20.8 Å². The number of hydrogen-bond donors (Lipinski definition) is 0. The number of allylic oxidation sites excluding steroid dienone is 16. The van der Waals surface area contributed by atoms with Gasteiger partial charge in [0, 0.05) is 38.7 Å². The topological polar surface area (TPSA) is 27.0 Å². The van der Waals surface area contributed by atoms with Crippen LogP contribution in [0.2, 0.25) is 0 Å². The Morgan fingerprint density at radius 3 is 2.49 bits per heavy atom. The van der Waals surface area contributed by atoms with Crippen molar-refractivity contribution in [1.82, 2.24) is 0 Å². The van der Waals surface area contributed by atoms with Crippen LogP contribution in [0.1, 0.15) is 70.7 Å². The van der Waals surface area contributed by atoms with Crippen LogP contribution in [0.5, 0.6) is 0 Å². The van der Waals surface area contributed by atoms with Gasteiger partial charge < -0.3 is 4.90 Å². The third kappa shape index (κ3) is 4.96. The molecular weight excluding hydrogens is 756 g/mol. The maximum absolute atomic E-state index is 10.8. The molecule has 0 N–H and O–H groups in total. The van der Waals surface area contributed by atoms with E-state index in [0.717, 1.165) is 37.8 Å². The zero-order chi connectivity index (χ0) is 40.5.